The lowest BCUT2D eigenvalue weighted by atomic mass is 10.0. The third-order valence-corrected chi connectivity index (χ3v) is 1.90. The summed E-state index contributed by atoms with van der Waals surface area (Å²) < 4.78 is 0. The quantitative estimate of drug-likeness (QED) is 0.436. The van der Waals surface area contributed by atoms with Gasteiger partial charge in [0.25, 0.3) is 0 Å². The highest BCUT2D eigenvalue weighted by molar-refractivity contribution is 5.83. The van der Waals surface area contributed by atoms with E-state index in [1.54, 1.807) is 6.92 Å². The molecule has 0 fully saturated rings. The molecule has 0 aromatic rings. The van der Waals surface area contributed by atoms with Crippen molar-refractivity contribution in [3.63, 3.8) is 0 Å². The number of nitrogens with one attached hydrogen (secondary N) is 1. The summed E-state index contributed by atoms with van der Waals surface area (Å²) in [6.45, 7) is 1.64. The summed E-state index contributed by atoms with van der Waals surface area (Å²) in [6.07, 6.45) is 1.68. The molecule has 0 bridgehead atoms. The summed E-state index contributed by atoms with van der Waals surface area (Å²) in [7, 11) is 0. The van der Waals surface area contributed by atoms with E-state index in [0.717, 1.165) is 0 Å². The summed E-state index contributed by atoms with van der Waals surface area (Å²) in [6, 6.07) is -1.07. The van der Waals surface area contributed by atoms with Gasteiger partial charge < -0.3 is 22.0 Å². The second-order valence-electron chi connectivity index (χ2n) is 3.17. The molecule has 0 saturated carbocycles. The van der Waals surface area contributed by atoms with Crippen LogP contribution >= 0.6 is 0 Å². The Morgan fingerprint density at radius 3 is 2.23 bits per heavy atom. The summed E-state index contributed by atoms with van der Waals surface area (Å²) >= 11 is 0. The Balaban J connectivity index is 3.56. The number of hydrogen-bond donors (Lipinski definition) is 4. The van der Waals surface area contributed by atoms with E-state index < -0.39 is 12.0 Å². The van der Waals surface area contributed by atoms with Crippen molar-refractivity contribution in [2.45, 2.75) is 38.3 Å². The van der Waals surface area contributed by atoms with E-state index in [1.165, 1.54) is 0 Å². The molecular weight excluding hydrogens is 170 g/mol. The molecule has 2 atom stereocenters. The molecule has 0 aromatic heterocycles. The maximum Gasteiger partial charge on any atom is 0.320 e. The smallest absolute Gasteiger partial charge is 0.320 e. The van der Waals surface area contributed by atoms with Crippen molar-refractivity contribution in [3.8, 4) is 0 Å². The Morgan fingerprint density at radius 2 is 1.85 bits per heavy atom. The molecule has 0 heterocycles. The average molecular weight is 187 g/mol. The Labute approximate surface area is 77.6 Å². The first-order valence-electron chi connectivity index (χ1n) is 4.24. The van der Waals surface area contributed by atoms with Gasteiger partial charge in [0, 0.05) is 11.8 Å². The Morgan fingerprint density at radius 1 is 1.38 bits per heavy atom. The van der Waals surface area contributed by atoms with Gasteiger partial charge in [-0.1, -0.05) is 0 Å². The van der Waals surface area contributed by atoms with Crippen LogP contribution in [-0.4, -0.2) is 28.9 Å². The van der Waals surface area contributed by atoms with Gasteiger partial charge in [0.05, 0.1) is 0 Å². The molecule has 0 saturated heterocycles. The third kappa shape index (κ3) is 5.32. The summed E-state index contributed by atoms with van der Waals surface area (Å²) in [5.74, 6) is -0.986. The topological polar surface area (TPSA) is 113 Å². The Bertz CT molecular complexity index is 174. The van der Waals surface area contributed by atoms with Crippen LogP contribution in [0.3, 0.4) is 0 Å². The summed E-state index contributed by atoms with van der Waals surface area (Å²) in [4.78, 5) is 10.3. The number of hydrogen-bond acceptors (Lipinski definition) is 4. The molecule has 0 radical (unpaired) electrons. The molecule has 13 heavy (non-hydrogen) atoms. The van der Waals surface area contributed by atoms with Crippen LogP contribution in [0, 0.1) is 5.41 Å². The zero-order valence-electron chi connectivity index (χ0n) is 7.79. The van der Waals surface area contributed by atoms with E-state index >= 15 is 0 Å². The number of rotatable bonds is 6. The fourth-order valence-corrected chi connectivity index (χ4v) is 0.898. The molecule has 0 aliphatic rings. The average Bonchev–Trinajstić information content (AvgIpc) is 2.03. The predicted octanol–water partition coefficient (Wildman–Crippen LogP) is -0.0644. The zero-order chi connectivity index (χ0) is 10.4. The highest BCUT2D eigenvalue weighted by Gasteiger charge is 2.12. The minimum absolute atomic E-state index is 0.263. The third-order valence-electron chi connectivity index (χ3n) is 1.90. The molecule has 76 valence electrons. The molecular formula is C8H17N3O2. The monoisotopic (exact) mass is 187 g/mol. The van der Waals surface area contributed by atoms with Crippen LogP contribution in [0.5, 0.6) is 0 Å². The molecule has 6 N–H and O–H groups in total. The van der Waals surface area contributed by atoms with E-state index in [2.05, 4.69) is 0 Å². The minimum atomic E-state index is -0.986. The van der Waals surface area contributed by atoms with Crippen LogP contribution in [0.1, 0.15) is 26.2 Å². The van der Waals surface area contributed by atoms with Crippen molar-refractivity contribution in [3.05, 3.63) is 0 Å². The fraction of sp³-hybridized carbons (Fsp3) is 0.750. The van der Waals surface area contributed by atoms with Crippen molar-refractivity contribution in [1.29, 1.82) is 5.41 Å². The van der Waals surface area contributed by atoms with E-state index in [1.807, 2.05) is 0 Å². The van der Waals surface area contributed by atoms with E-state index in [0.29, 0.717) is 25.0 Å². The summed E-state index contributed by atoms with van der Waals surface area (Å²) in [5.41, 5.74) is 11.3. The maximum atomic E-state index is 10.3. The second kappa shape index (κ2) is 5.66. The van der Waals surface area contributed by atoms with Crippen molar-refractivity contribution >= 4 is 11.7 Å². The van der Waals surface area contributed by atoms with Gasteiger partial charge in [-0.2, -0.15) is 0 Å². The van der Waals surface area contributed by atoms with Crippen molar-refractivity contribution in [2.75, 3.05) is 0 Å². The van der Waals surface area contributed by atoms with Gasteiger partial charge in [-0.05, 0) is 26.2 Å². The van der Waals surface area contributed by atoms with Crippen LogP contribution in [0.2, 0.25) is 0 Å². The largest absolute Gasteiger partial charge is 0.480 e. The molecule has 0 aliphatic heterocycles. The van der Waals surface area contributed by atoms with Crippen LogP contribution < -0.4 is 11.5 Å². The zero-order valence-corrected chi connectivity index (χ0v) is 7.79. The molecule has 5 heteroatoms. The van der Waals surface area contributed by atoms with Crippen molar-refractivity contribution in [2.24, 2.45) is 11.5 Å². The van der Waals surface area contributed by atoms with E-state index in [9.17, 15) is 4.79 Å². The lowest BCUT2D eigenvalue weighted by Gasteiger charge is -2.10. The van der Waals surface area contributed by atoms with Gasteiger partial charge in [0.1, 0.15) is 6.04 Å². The maximum absolute atomic E-state index is 10.3. The highest BCUT2D eigenvalue weighted by Crippen LogP contribution is 2.02. The SMILES string of the molecule is CC(=N)C(N)CCCC(N)C(=O)O. The second-order valence-corrected chi connectivity index (χ2v) is 3.17. The number of carboxylic acid groups (broad SMARTS) is 1. The van der Waals surface area contributed by atoms with Gasteiger partial charge in [0.15, 0.2) is 0 Å². The molecule has 2 unspecified atom stereocenters. The number of nitrogens with two attached hydrogens (primary N) is 2. The lowest BCUT2D eigenvalue weighted by molar-refractivity contribution is -0.138. The van der Waals surface area contributed by atoms with Gasteiger partial charge in [-0.25, -0.2) is 0 Å². The fourth-order valence-electron chi connectivity index (χ4n) is 0.898. The lowest BCUT2D eigenvalue weighted by Crippen LogP contribution is -2.32. The van der Waals surface area contributed by atoms with Crippen molar-refractivity contribution < 1.29 is 9.90 Å². The Kier molecular flexibility index (Phi) is 5.25. The first kappa shape index (κ1) is 12.1. The van der Waals surface area contributed by atoms with Crippen LogP contribution in [0.25, 0.3) is 0 Å². The molecule has 0 aliphatic carbocycles. The van der Waals surface area contributed by atoms with E-state index in [4.69, 9.17) is 22.0 Å². The Hall–Kier alpha value is -0.940. The number of carbonyl (C=O) groups is 1. The molecule has 0 rings (SSSR count). The predicted molar refractivity (Wildman–Crippen MR) is 50.8 cm³/mol. The van der Waals surface area contributed by atoms with E-state index in [-0.39, 0.29) is 6.04 Å². The number of aliphatic carboxylic acids is 1. The highest BCUT2D eigenvalue weighted by atomic mass is 16.4. The number of carboxylic acids is 1. The molecule has 5 nitrogen and oxygen atoms in total. The van der Waals surface area contributed by atoms with Crippen LogP contribution in [0.4, 0.5) is 0 Å². The van der Waals surface area contributed by atoms with Crippen LogP contribution in [-0.2, 0) is 4.79 Å². The standard InChI is InChI=1S/C8H17N3O2/c1-5(9)6(10)3-2-4-7(11)8(12)13/h6-7,9H,2-4,10-11H2,1H3,(H,12,13). The first-order valence-corrected chi connectivity index (χ1v) is 4.24. The van der Waals surface area contributed by atoms with Crippen molar-refractivity contribution in [1.82, 2.24) is 0 Å². The minimum Gasteiger partial charge on any atom is -0.480 e. The molecule has 0 spiro atoms. The van der Waals surface area contributed by atoms with Gasteiger partial charge in [-0.3, -0.25) is 4.79 Å². The first-order chi connectivity index (χ1) is 5.95. The molecule has 0 aromatic carbocycles. The van der Waals surface area contributed by atoms with Crippen LogP contribution in [0.15, 0.2) is 0 Å². The van der Waals surface area contributed by atoms with Gasteiger partial charge >= 0.3 is 5.97 Å². The molecule has 0 amide bonds. The summed E-state index contributed by atoms with van der Waals surface area (Å²) in [5, 5.41) is 15.7. The van der Waals surface area contributed by atoms with Gasteiger partial charge in [0.2, 0.25) is 0 Å². The normalized spacial score (nSPS) is 15.0. The van der Waals surface area contributed by atoms with Gasteiger partial charge in [-0.15, -0.1) is 0 Å².